The van der Waals surface area contributed by atoms with Gasteiger partial charge in [-0.2, -0.15) is 0 Å². The van der Waals surface area contributed by atoms with Gasteiger partial charge in [-0.25, -0.2) is 8.42 Å². The van der Waals surface area contributed by atoms with Crippen molar-refractivity contribution in [1.29, 1.82) is 0 Å². The first-order chi connectivity index (χ1) is 16.3. The Bertz CT molecular complexity index is 1300. The van der Waals surface area contributed by atoms with Crippen LogP contribution in [0.1, 0.15) is 11.1 Å². The highest BCUT2D eigenvalue weighted by Gasteiger charge is 2.37. The lowest BCUT2D eigenvalue weighted by atomic mass is 10.1. The fraction of sp³-hybridized carbons (Fsp3) is 0.240. The van der Waals surface area contributed by atoms with E-state index in [1.807, 2.05) is 32.0 Å². The summed E-state index contributed by atoms with van der Waals surface area (Å²) in [5.74, 6) is 0.552. The summed E-state index contributed by atoms with van der Waals surface area (Å²) in [6.45, 7) is 4.35. The molecule has 1 N–H and O–H groups in total. The van der Waals surface area contributed by atoms with Crippen LogP contribution < -0.4 is 19.1 Å². The molecule has 0 radical (unpaired) electrons. The lowest BCUT2D eigenvalue weighted by molar-refractivity contribution is -0.127. The number of aryl methyl sites for hydroxylation is 2. The molecule has 4 rings (SSSR count). The fourth-order valence-corrected chi connectivity index (χ4v) is 5.22. The number of amides is 1. The second-order valence-corrected chi connectivity index (χ2v) is 10.3. The van der Waals surface area contributed by atoms with E-state index in [2.05, 4.69) is 5.32 Å². The van der Waals surface area contributed by atoms with Crippen molar-refractivity contribution in [2.45, 2.75) is 24.8 Å². The molecule has 34 heavy (non-hydrogen) atoms. The summed E-state index contributed by atoms with van der Waals surface area (Å²) in [4.78, 5) is 13.0. The normalized spacial score (nSPS) is 15.3. The number of fused-ring (bicyclic) bond motifs is 1. The zero-order valence-corrected chi connectivity index (χ0v) is 20.4. The first-order valence-electron chi connectivity index (χ1n) is 10.8. The Morgan fingerprint density at radius 3 is 2.59 bits per heavy atom. The van der Waals surface area contributed by atoms with Gasteiger partial charge in [-0.1, -0.05) is 35.9 Å². The molecule has 0 fully saturated rings. The van der Waals surface area contributed by atoms with Gasteiger partial charge in [0, 0.05) is 5.02 Å². The zero-order valence-electron chi connectivity index (χ0n) is 18.8. The maximum Gasteiger partial charge on any atom is 0.264 e. The Kier molecular flexibility index (Phi) is 7.00. The van der Waals surface area contributed by atoms with Crippen LogP contribution in [0.5, 0.6) is 11.5 Å². The molecular formula is C25H25ClN2O5S. The zero-order chi connectivity index (χ0) is 24.3. The van der Waals surface area contributed by atoms with Gasteiger partial charge in [-0.15, -0.1) is 0 Å². The van der Waals surface area contributed by atoms with Gasteiger partial charge >= 0.3 is 0 Å². The first-order valence-corrected chi connectivity index (χ1v) is 12.6. The van der Waals surface area contributed by atoms with E-state index in [9.17, 15) is 13.2 Å². The van der Waals surface area contributed by atoms with Gasteiger partial charge in [0.15, 0.2) is 6.10 Å². The van der Waals surface area contributed by atoms with Gasteiger partial charge < -0.3 is 14.8 Å². The third-order valence-electron chi connectivity index (χ3n) is 5.56. The molecule has 0 spiro atoms. The number of nitrogens with zero attached hydrogens (tertiary/aromatic N) is 1. The highest BCUT2D eigenvalue weighted by atomic mass is 35.5. The highest BCUT2D eigenvalue weighted by molar-refractivity contribution is 7.92. The van der Waals surface area contributed by atoms with Gasteiger partial charge in [0.05, 0.1) is 23.7 Å². The fourth-order valence-electron chi connectivity index (χ4n) is 3.57. The van der Waals surface area contributed by atoms with Crippen LogP contribution >= 0.6 is 11.6 Å². The van der Waals surface area contributed by atoms with E-state index in [1.165, 1.54) is 28.1 Å². The third kappa shape index (κ3) is 5.13. The van der Waals surface area contributed by atoms with Crippen LogP contribution in [0.3, 0.4) is 0 Å². The highest BCUT2D eigenvalue weighted by Crippen LogP contribution is 2.38. The number of anilines is 1. The molecule has 1 amide bonds. The largest absolute Gasteiger partial charge is 0.492 e. The van der Waals surface area contributed by atoms with Crippen LogP contribution in [0.2, 0.25) is 5.02 Å². The van der Waals surface area contributed by atoms with Crippen molar-refractivity contribution in [3.05, 3.63) is 82.9 Å². The Hall–Kier alpha value is -3.23. The van der Waals surface area contributed by atoms with Gasteiger partial charge in [0.25, 0.3) is 15.9 Å². The number of nitrogens with one attached hydrogen (secondary N) is 1. The topological polar surface area (TPSA) is 84.9 Å². The van der Waals surface area contributed by atoms with Crippen molar-refractivity contribution >= 4 is 33.2 Å². The lowest BCUT2D eigenvalue weighted by Gasteiger charge is -2.34. The molecule has 0 saturated heterocycles. The van der Waals surface area contributed by atoms with Crippen LogP contribution in [-0.4, -0.2) is 40.1 Å². The molecule has 0 unspecified atom stereocenters. The van der Waals surface area contributed by atoms with E-state index in [4.69, 9.17) is 21.1 Å². The van der Waals surface area contributed by atoms with Crippen LogP contribution in [0, 0.1) is 13.8 Å². The summed E-state index contributed by atoms with van der Waals surface area (Å²) in [6.07, 6.45) is -1.03. The van der Waals surface area contributed by atoms with Gasteiger partial charge in [-0.3, -0.25) is 9.10 Å². The van der Waals surface area contributed by atoms with E-state index < -0.39 is 22.0 Å². The number of carbonyl (C=O) groups is 1. The lowest BCUT2D eigenvalue weighted by Crippen LogP contribution is -2.51. The Labute approximate surface area is 204 Å². The number of halogens is 1. The van der Waals surface area contributed by atoms with Gasteiger partial charge in [0.1, 0.15) is 18.1 Å². The third-order valence-corrected chi connectivity index (χ3v) is 7.59. The van der Waals surface area contributed by atoms with Crippen LogP contribution in [0.25, 0.3) is 0 Å². The molecule has 0 aromatic heterocycles. The quantitative estimate of drug-likeness (QED) is 0.493. The number of hydrogen-bond acceptors (Lipinski definition) is 5. The molecule has 3 aromatic rings. The summed E-state index contributed by atoms with van der Waals surface area (Å²) in [7, 11) is -3.94. The van der Waals surface area contributed by atoms with Crippen LogP contribution in [-0.2, 0) is 14.8 Å². The standard InChI is InChI=1S/C25H25ClN2O5S/c1-17-8-10-20(14-18(17)2)32-13-12-27-25(29)24-16-28(22-15-19(26)9-11-23(22)33-24)34(30,31)21-6-4-3-5-7-21/h3-11,14-15,24H,12-13,16H2,1-2H3,(H,27,29)/t24-/m0/s1. The van der Waals surface area contributed by atoms with Gasteiger partial charge in [-0.05, 0) is 67.4 Å². The summed E-state index contributed by atoms with van der Waals surface area (Å²) in [6, 6.07) is 18.5. The van der Waals surface area contributed by atoms with Crippen molar-refractivity contribution in [3.8, 4) is 11.5 Å². The maximum absolute atomic E-state index is 13.4. The Morgan fingerprint density at radius 2 is 1.85 bits per heavy atom. The van der Waals surface area contributed by atoms with E-state index in [0.717, 1.165) is 11.3 Å². The molecule has 1 aliphatic rings. The summed E-state index contributed by atoms with van der Waals surface area (Å²) in [5.41, 5.74) is 2.58. The molecule has 9 heteroatoms. The number of benzene rings is 3. The van der Waals surface area contributed by atoms with E-state index in [-0.39, 0.29) is 30.3 Å². The number of hydrogen-bond donors (Lipinski definition) is 1. The van der Waals surface area contributed by atoms with Crippen molar-refractivity contribution in [2.75, 3.05) is 24.0 Å². The predicted molar refractivity (Wildman–Crippen MR) is 131 cm³/mol. The summed E-state index contributed by atoms with van der Waals surface area (Å²) >= 11 is 6.12. The van der Waals surface area contributed by atoms with Crippen LogP contribution in [0.4, 0.5) is 5.69 Å². The molecule has 1 atom stereocenters. The summed E-state index contributed by atoms with van der Waals surface area (Å²) in [5, 5.41) is 3.13. The molecule has 0 bridgehead atoms. The van der Waals surface area contributed by atoms with E-state index in [0.29, 0.717) is 10.7 Å². The second-order valence-electron chi connectivity index (χ2n) is 7.95. The predicted octanol–water partition coefficient (Wildman–Crippen LogP) is 4.11. The molecule has 178 valence electrons. The molecule has 3 aromatic carbocycles. The minimum absolute atomic E-state index is 0.115. The Morgan fingerprint density at radius 1 is 1.09 bits per heavy atom. The van der Waals surface area contributed by atoms with Crippen molar-refractivity contribution in [3.63, 3.8) is 0 Å². The SMILES string of the molecule is Cc1ccc(OCCNC(=O)[C@@H]2CN(S(=O)(=O)c3ccccc3)c3cc(Cl)ccc3O2)cc1C. The van der Waals surface area contributed by atoms with Crippen LogP contribution in [0.15, 0.2) is 71.6 Å². The molecule has 0 aliphatic carbocycles. The summed E-state index contributed by atoms with van der Waals surface area (Å²) < 4.78 is 39.5. The smallest absolute Gasteiger partial charge is 0.264 e. The average molecular weight is 501 g/mol. The number of rotatable bonds is 7. The minimum Gasteiger partial charge on any atom is -0.492 e. The van der Waals surface area contributed by atoms with E-state index in [1.54, 1.807) is 30.3 Å². The Balaban J connectivity index is 1.47. The second kappa shape index (κ2) is 9.95. The number of ether oxygens (including phenoxy) is 2. The maximum atomic E-state index is 13.4. The average Bonchev–Trinajstić information content (AvgIpc) is 2.83. The molecular weight excluding hydrogens is 476 g/mol. The van der Waals surface area contributed by atoms with Crippen molar-refractivity contribution in [1.82, 2.24) is 5.32 Å². The van der Waals surface area contributed by atoms with Crippen molar-refractivity contribution in [2.24, 2.45) is 0 Å². The first kappa shape index (κ1) is 23.9. The molecule has 7 nitrogen and oxygen atoms in total. The molecule has 1 aliphatic heterocycles. The van der Waals surface area contributed by atoms with Gasteiger partial charge in [0.2, 0.25) is 0 Å². The monoisotopic (exact) mass is 500 g/mol. The number of sulfonamides is 1. The van der Waals surface area contributed by atoms with Crippen molar-refractivity contribution < 1.29 is 22.7 Å². The van der Waals surface area contributed by atoms with E-state index >= 15 is 0 Å². The molecule has 1 heterocycles. The molecule has 0 saturated carbocycles. The minimum atomic E-state index is -3.94. The number of carbonyl (C=O) groups excluding carboxylic acids is 1.